The largest absolute Gasteiger partial charge is 0.489 e. The van der Waals surface area contributed by atoms with Crippen molar-refractivity contribution in [3.05, 3.63) is 42.5 Å². The van der Waals surface area contributed by atoms with Gasteiger partial charge in [-0.3, -0.25) is 0 Å². The molecule has 1 aromatic rings. The molecule has 4 nitrogen and oxygen atoms in total. The van der Waals surface area contributed by atoms with Crippen molar-refractivity contribution in [1.82, 2.24) is 5.32 Å². The first kappa shape index (κ1) is 19.8. The van der Waals surface area contributed by atoms with Crippen LogP contribution in [0.5, 0.6) is 5.75 Å². The molecule has 0 unspecified atom stereocenters. The molecule has 1 aliphatic carbocycles. The monoisotopic (exact) mass is 429 g/mol. The minimum absolute atomic E-state index is 0. The molecule has 1 fully saturated rings. The molecule has 1 saturated carbocycles. The summed E-state index contributed by atoms with van der Waals surface area (Å²) >= 11 is 0. The standard InChI is InChI=1S/C18H27N3O.HI/c1-2-13-22-17-12-8-7-9-15(17)14-20-18(19)21-16-10-5-3-4-6-11-16;/h2,7-9,12,16H,1,3-6,10-11,13-14H2,(H3,19,20,21);1H. The Labute approximate surface area is 156 Å². The van der Waals surface area contributed by atoms with E-state index in [0.717, 1.165) is 11.3 Å². The molecule has 0 heterocycles. The molecule has 0 saturated heterocycles. The second kappa shape index (κ2) is 11.3. The Balaban J connectivity index is 0.00000264. The van der Waals surface area contributed by atoms with E-state index in [1.165, 1.54) is 38.5 Å². The molecule has 0 radical (unpaired) electrons. The lowest BCUT2D eigenvalue weighted by atomic mass is 10.1. The fourth-order valence-corrected chi connectivity index (χ4v) is 2.77. The number of para-hydroxylation sites is 1. The Kier molecular flexibility index (Phi) is 9.75. The van der Waals surface area contributed by atoms with E-state index in [1.54, 1.807) is 6.08 Å². The molecule has 0 spiro atoms. The molecule has 0 atom stereocenters. The Hall–Kier alpha value is -1.24. The van der Waals surface area contributed by atoms with Gasteiger partial charge in [-0.2, -0.15) is 0 Å². The lowest BCUT2D eigenvalue weighted by Crippen LogP contribution is -2.39. The van der Waals surface area contributed by atoms with E-state index >= 15 is 0 Å². The first-order chi connectivity index (χ1) is 10.8. The maximum Gasteiger partial charge on any atom is 0.189 e. The predicted molar refractivity (Wildman–Crippen MR) is 108 cm³/mol. The molecule has 0 amide bonds. The van der Waals surface area contributed by atoms with Gasteiger partial charge in [-0.25, -0.2) is 4.99 Å². The Morgan fingerprint density at radius 1 is 1.26 bits per heavy atom. The average molecular weight is 429 g/mol. The Morgan fingerprint density at radius 2 is 1.96 bits per heavy atom. The van der Waals surface area contributed by atoms with Crippen LogP contribution in [0.3, 0.4) is 0 Å². The van der Waals surface area contributed by atoms with Crippen molar-refractivity contribution < 1.29 is 4.74 Å². The number of benzene rings is 1. The third kappa shape index (κ3) is 7.24. The van der Waals surface area contributed by atoms with Crippen LogP contribution in [0.1, 0.15) is 44.1 Å². The number of nitrogens with one attached hydrogen (secondary N) is 1. The average Bonchev–Trinajstić information content (AvgIpc) is 2.80. The van der Waals surface area contributed by atoms with E-state index in [4.69, 9.17) is 10.5 Å². The molecular formula is C18H28IN3O. The minimum atomic E-state index is 0. The molecule has 0 aliphatic heterocycles. The summed E-state index contributed by atoms with van der Waals surface area (Å²) in [6.07, 6.45) is 9.35. The van der Waals surface area contributed by atoms with Crippen molar-refractivity contribution in [3.63, 3.8) is 0 Å². The predicted octanol–water partition coefficient (Wildman–Crippen LogP) is 4.00. The number of hydrogen-bond donors (Lipinski definition) is 2. The summed E-state index contributed by atoms with van der Waals surface area (Å²) in [7, 11) is 0. The van der Waals surface area contributed by atoms with Gasteiger partial charge in [-0.1, -0.05) is 56.5 Å². The highest BCUT2D eigenvalue weighted by atomic mass is 127. The normalized spacial score (nSPS) is 16.1. The zero-order valence-electron chi connectivity index (χ0n) is 13.7. The number of rotatable bonds is 6. The Morgan fingerprint density at radius 3 is 2.65 bits per heavy atom. The summed E-state index contributed by atoms with van der Waals surface area (Å²) < 4.78 is 5.64. The fraction of sp³-hybridized carbons (Fsp3) is 0.500. The third-order valence-corrected chi connectivity index (χ3v) is 3.96. The first-order valence-corrected chi connectivity index (χ1v) is 8.17. The number of ether oxygens (including phenoxy) is 1. The first-order valence-electron chi connectivity index (χ1n) is 8.17. The molecule has 23 heavy (non-hydrogen) atoms. The summed E-state index contributed by atoms with van der Waals surface area (Å²) in [5.41, 5.74) is 7.07. The van der Waals surface area contributed by atoms with Crippen molar-refractivity contribution in [3.8, 4) is 5.75 Å². The van der Waals surface area contributed by atoms with Gasteiger partial charge in [0.05, 0.1) is 6.54 Å². The van der Waals surface area contributed by atoms with Crippen LogP contribution in [0.2, 0.25) is 0 Å². The third-order valence-electron chi connectivity index (χ3n) is 3.96. The number of guanidine groups is 1. The van der Waals surface area contributed by atoms with Gasteiger partial charge in [0.25, 0.3) is 0 Å². The van der Waals surface area contributed by atoms with Crippen LogP contribution in [0.15, 0.2) is 41.9 Å². The molecular weight excluding hydrogens is 401 g/mol. The molecule has 3 N–H and O–H groups in total. The number of halogens is 1. The van der Waals surface area contributed by atoms with Crippen molar-refractivity contribution in [1.29, 1.82) is 0 Å². The van der Waals surface area contributed by atoms with E-state index in [-0.39, 0.29) is 24.0 Å². The van der Waals surface area contributed by atoms with Gasteiger partial charge in [0.2, 0.25) is 0 Å². The van der Waals surface area contributed by atoms with Crippen LogP contribution in [0, 0.1) is 0 Å². The van der Waals surface area contributed by atoms with Crippen molar-refractivity contribution >= 4 is 29.9 Å². The van der Waals surface area contributed by atoms with E-state index in [2.05, 4.69) is 16.9 Å². The zero-order chi connectivity index (χ0) is 15.6. The van der Waals surface area contributed by atoms with Crippen LogP contribution in [-0.2, 0) is 6.54 Å². The highest BCUT2D eigenvalue weighted by molar-refractivity contribution is 14.0. The van der Waals surface area contributed by atoms with Gasteiger partial charge in [0.15, 0.2) is 5.96 Å². The van der Waals surface area contributed by atoms with Crippen LogP contribution >= 0.6 is 24.0 Å². The topological polar surface area (TPSA) is 59.6 Å². The summed E-state index contributed by atoms with van der Waals surface area (Å²) in [5, 5.41) is 3.36. The molecule has 2 rings (SSSR count). The summed E-state index contributed by atoms with van der Waals surface area (Å²) in [6.45, 7) is 4.69. The summed E-state index contributed by atoms with van der Waals surface area (Å²) in [5.74, 6) is 1.37. The highest BCUT2D eigenvalue weighted by Crippen LogP contribution is 2.19. The lowest BCUT2D eigenvalue weighted by Gasteiger charge is -2.16. The van der Waals surface area contributed by atoms with Crippen LogP contribution in [-0.4, -0.2) is 18.6 Å². The smallest absolute Gasteiger partial charge is 0.189 e. The molecule has 5 heteroatoms. The SMILES string of the molecule is C=CCOc1ccccc1CN=C(N)NC1CCCCCC1.I. The van der Waals surface area contributed by atoms with Crippen molar-refractivity contribution in [2.45, 2.75) is 51.1 Å². The second-order valence-electron chi connectivity index (χ2n) is 5.74. The van der Waals surface area contributed by atoms with E-state index in [0.29, 0.717) is 25.2 Å². The van der Waals surface area contributed by atoms with Gasteiger partial charge in [0.1, 0.15) is 12.4 Å². The number of aliphatic imine (C=N–C) groups is 1. The van der Waals surface area contributed by atoms with Crippen LogP contribution < -0.4 is 15.8 Å². The van der Waals surface area contributed by atoms with Crippen LogP contribution in [0.4, 0.5) is 0 Å². The number of hydrogen-bond acceptors (Lipinski definition) is 2. The van der Waals surface area contributed by atoms with Crippen molar-refractivity contribution in [2.24, 2.45) is 10.7 Å². The van der Waals surface area contributed by atoms with E-state index < -0.39 is 0 Å². The molecule has 1 aliphatic rings. The maximum atomic E-state index is 6.04. The zero-order valence-corrected chi connectivity index (χ0v) is 16.0. The van der Waals surface area contributed by atoms with E-state index in [9.17, 15) is 0 Å². The maximum absolute atomic E-state index is 6.04. The minimum Gasteiger partial charge on any atom is -0.489 e. The van der Waals surface area contributed by atoms with Crippen LogP contribution in [0.25, 0.3) is 0 Å². The number of nitrogens with zero attached hydrogens (tertiary/aromatic N) is 1. The highest BCUT2D eigenvalue weighted by Gasteiger charge is 2.12. The quantitative estimate of drug-likeness (QED) is 0.236. The van der Waals surface area contributed by atoms with E-state index in [1.807, 2.05) is 24.3 Å². The van der Waals surface area contributed by atoms with Gasteiger partial charge in [-0.05, 0) is 18.9 Å². The summed E-state index contributed by atoms with van der Waals surface area (Å²) in [4.78, 5) is 4.47. The second-order valence-corrected chi connectivity index (χ2v) is 5.74. The molecule has 128 valence electrons. The Bertz CT molecular complexity index is 497. The summed E-state index contributed by atoms with van der Waals surface area (Å²) in [6, 6.07) is 8.38. The van der Waals surface area contributed by atoms with Crippen molar-refractivity contribution in [2.75, 3.05) is 6.61 Å². The fourth-order valence-electron chi connectivity index (χ4n) is 2.77. The van der Waals surface area contributed by atoms with Gasteiger partial charge in [-0.15, -0.1) is 24.0 Å². The van der Waals surface area contributed by atoms with Gasteiger partial charge < -0.3 is 15.8 Å². The lowest BCUT2D eigenvalue weighted by molar-refractivity contribution is 0.359. The van der Waals surface area contributed by atoms with Gasteiger partial charge >= 0.3 is 0 Å². The molecule has 0 bridgehead atoms. The molecule has 1 aromatic carbocycles. The van der Waals surface area contributed by atoms with Gasteiger partial charge in [0, 0.05) is 11.6 Å². The number of nitrogens with two attached hydrogens (primary N) is 1. The molecule has 0 aromatic heterocycles.